The fourth-order valence-electron chi connectivity index (χ4n) is 7.20. The van der Waals surface area contributed by atoms with E-state index in [2.05, 4.69) is 66.6 Å². The zero-order chi connectivity index (χ0) is 45.4. The zero-order valence-corrected chi connectivity index (χ0v) is 39.5. The van der Waals surface area contributed by atoms with Gasteiger partial charge in [0, 0.05) is 13.0 Å². The molecule has 1 saturated heterocycles. The summed E-state index contributed by atoms with van der Waals surface area (Å²) in [5.74, 6) is -0.414. The largest absolute Gasteiger partial charge is 0.457 e. The number of carbonyl (C=O) groups is 1. The van der Waals surface area contributed by atoms with Gasteiger partial charge in [-0.05, 0) is 77.0 Å². The second kappa shape index (κ2) is 40.6. The quantitative estimate of drug-likeness (QED) is 0.0198. The Labute approximate surface area is 376 Å². The molecule has 12 nitrogen and oxygen atoms in total. The number of hydrogen-bond donors (Lipinski definition) is 4. The van der Waals surface area contributed by atoms with Gasteiger partial charge in [-0.1, -0.05) is 159 Å². The normalized spacial score (nSPS) is 20.4. The van der Waals surface area contributed by atoms with Gasteiger partial charge in [-0.25, -0.2) is 4.18 Å². The van der Waals surface area contributed by atoms with E-state index in [0.717, 1.165) is 77.0 Å². The molecule has 0 aromatic rings. The van der Waals surface area contributed by atoms with Crippen LogP contribution in [0.1, 0.15) is 194 Å². The Balaban J connectivity index is 2.40. The van der Waals surface area contributed by atoms with Crippen molar-refractivity contribution in [2.45, 2.75) is 230 Å². The highest BCUT2D eigenvalue weighted by molar-refractivity contribution is 7.80. The Bertz CT molecular complexity index is 1270. The van der Waals surface area contributed by atoms with Gasteiger partial charge in [-0.15, -0.1) is 0 Å². The van der Waals surface area contributed by atoms with Crippen LogP contribution in [0, 0.1) is 0 Å². The minimum Gasteiger partial charge on any atom is -0.457 e. The Hall–Kier alpha value is -1.94. The topological polar surface area (TPSA) is 178 Å². The average Bonchev–Trinajstić information content (AvgIpc) is 3.24. The smallest absolute Gasteiger partial charge is 0.397 e. The van der Waals surface area contributed by atoms with Gasteiger partial charge in [0.25, 0.3) is 0 Å². The molecule has 0 aromatic carbocycles. The van der Waals surface area contributed by atoms with Crippen LogP contribution < -0.4 is 0 Å². The van der Waals surface area contributed by atoms with Crippen molar-refractivity contribution in [1.29, 1.82) is 0 Å². The Kier molecular flexibility index (Phi) is 38.0. The first-order valence-corrected chi connectivity index (χ1v) is 25.8. The standard InChI is InChI=1S/C49H88O12S/c1-3-5-7-9-11-13-15-17-19-20-21-22-23-24-25-26-28-30-32-34-36-38-45(51)59-43(41-57-39-37-35-33-31-29-27-18-16-14-12-10-8-6-4-2)42-58-49-47(53)48(61-62(54,55)56)46(52)44(40-50)60-49/h14-17,20-21,23-24,43-44,46-50,52-53H,3-13,18-19,22,25-42H2,1-2H3,(H,54,55,56)/b16-14-,17-15-,21-20-,24-23-. The lowest BCUT2D eigenvalue weighted by Crippen LogP contribution is -2.60. The molecule has 62 heavy (non-hydrogen) atoms. The highest BCUT2D eigenvalue weighted by Crippen LogP contribution is 2.26. The van der Waals surface area contributed by atoms with E-state index >= 15 is 0 Å². The Morgan fingerprint density at radius 1 is 0.613 bits per heavy atom. The second-order valence-corrected chi connectivity index (χ2v) is 17.7. The summed E-state index contributed by atoms with van der Waals surface area (Å²) in [5, 5.41) is 30.7. The van der Waals surface area contributed by atoms with Gasteiger partial charge in [-0.2, -0.15) is 8.42 Å². The maximum atomic E-state index is 12.9. The van der Waals surface area contributed by atoms with Crippen LogP contribution in [0.3, 0.4) is 0 Å². The fourth-order valence-corrected chi connectivity index (χ4v) is 7.71. The minimum atomic E-state index is -5.07. The molecule has 0 amide bonds. The van der Waals surface area contributed by atoms with Crippen LogP contribution in [-0.4, -0.2) is 97.5 Å². The Morgan fingerprint density at radius 2 is 1.06 bits per heavy atom. The zero-order valence-electron chi connectivity index (χ0n) is 38.7. The van der Waals surface area contributed by atoms with Gasteiger partial charge >= 0.3 is 16.4 Å². The summed E-state index contributed by atoms with van der Waals surface area (Å²) in [5.41, 5.74) is 0. The maximum Gasteiger partial charge on any atom is 0.397 e. The van der Waals surface area contributed by atoms with Crippen molar-refractivity contribution in [2.75, 3.05) is 26.4 Å². The maximum absolute atomic E-state index is 12.9. The molecule has 13 heteroatoms. The van der Waals surface area contributed by atoms with Crippen LogP contribution in [-0.2, 0) is 38.3 Å². The van der Waals surface area contributed by atoms with E-state index in [4.69, 9.17) is 18.9 Å². The van der Waals surface area contributed by atoms with E-state index in [0.29, 0.717) is 13.0 Å². The monoisotopic (exact) mass is 901 g/mol. The van der Waals surface area contributed by atoms with Gasteiger partial charge in [-0.3, -0.25) is 9.35 Å². The number of rotatable bonds is 42. The lowest BCUT2D eigenvalue weighted by Gasteiger charge is -2.41. The average molecular weight is 901 g/mol. The van der Waals surface area contributed by atoms with Crippen molar-refractivity contribution in [1.82, 2.24) is 0 Å². The van der Waals surface area contributed by atoms with Crippen LogP contribution in [0.4, 0.5) is 0 Å². The molecule has 0 aliphatic carbocycles. The molecule has 0 radical (unpaired) electrons. The molecule has 362 valence electrons. The van der Waals surface area contributed by atoms with E-state index in [1.807, 2.05) is 0 Å². The minimum absolute atomic E-state index is 0.0255. The molecule has 6 unspecified atom stereocenters. The summed E-state index contributed by atoms with van der Waals surface area (Å²) >= 11 is 0. The first-order valence-electron chi connectivity index (χ1n) is 24.4. The van der Waals surface area contributed by atoms with Crippen LogP contribution in [0.15, 0.2) is 48.6 Å². The number of hydrogen-bond acceptors (Lipinski definition) is 11. The first kappa shape index (κ1) is 58.1. The fraction of sp³-hybridized carbons (Fsp3) is 0.816. The van der Waals surface area contributed by atoms with Crippen molar-refractivity contribution in [3.05, 3.63) is 48.6 Å². The predicted molar refractivity (Wildman–Crippen MR) is 248 cm³/mol. The molecule has 1 fully saturated rings. The van der Waals surface area contributed by atoms with Gasteiger partial charge in [0.1, 0.15) is 30.5 Å². The summed E-state index contributed by atoms with van der Waals surface area (Å²) in [6.45, 7) is 3.94. The van der Waals surface area contributed by atoms with E-state index in [1.165, 1.54) is 89.9 Å². The first-order chi connectivity index (χ1) is 30.1. The van der Waals surface area contributed by atoms with Crippen molar-refractivity contribution in [2.24, 2.45) is 0 Å². The van der Waals surface area contributed by atoms with E-state index in [9.17, 15) is 33.1 Å². The van der Waals surface area contributed by atoms with E-state index in [-0.39, 0.29) is 19.6 Å². The number of ether oxygens (including phenoxy) is 4. The number of allylic oxidation sites excluding steroid dienone is 8. The van der Waals surface area contributed by atoms with Crippen molar-refractivity contribution in [3.8, 4) is 0 Å². The Morgan fingerprint density at radius 3 is 1.58 bits per heavy atom. The van der Waals surface area contributed by atoms with E-state index in [1.54, 1.807) is 0 Å². The van der Waals surface area contributed by atoms with Gasteiger partial charge in [0.05, 0.1) is 19.8 Å². The molecule has 1 aliphatic heterocycles. The van der Waals surface area contributed by atoms with Crippen LogP contribution in [0.25, 0.3) is 0 Å². The molecule has 4 N–H and O–H groups in total. The molecular formula is C49H88O12S. The summed E-state index contributed by atoms with van der Waals surface area (Å²) in [7, 11) is -5.07. The lowest BCUT2D eigenvalue weighted by atomic mass is 9.99. The second-order valence-electron chi connectivity index (χ2n) is 16.7. The molecule has 1 rings (SSSR count). The van der Waals surface area contributed by atoms with Gasteiger partial charge in [0.15, 0.2) is 6.29 Å². The summed E-state index contributed by atoms with van der Waals surface area (Å²) in [6.07, 6.45) is 39.9. The molecule has 0 spiro atoms. The number of carbonyl (C=O) groups excluding carboxylic acids is 1. The van der Waals surface area contributed by atoms with E-state index < -0.39 is 59.8 Å². The summed E-state index contributed by atoms with van der Waals surface area (Å²) in [4.78, 5) is 12.9. The van der Waals surface area contributed by atoms with Gasteiger partial charge in [0.2, 0.25) is 0 Å². The number of aliphatic hydroxyl groups is 3. The van der Waals surface area contributed by atoms with Crippen molar-refractivity contribution >= 4 is 16.4 Å². The lowest BCUT2D eigenvalue weighted by molar-refractivity contribution is -0.301. The third-order valence-corrected chi connectivity index (χ3v) is 11.4. The van der Waals surface area contributed by atoms with Crippen LogP contribution in [0.2, 0.25) is 0 Å². The molecule has 6 atom stereocenters. The van der Waals surface area contributed by atoms with Crippen LogP contribution in [0.5, 0.6) is 0 Å². The third kappa shape index (κ3) is 33.6. The molecule has 0 aromatic heterocycles. The number of esters is 1. The SMILES string of the molecule is CCCCCC/C=C\CCCCCCCCOCC(COC1OC(CO)C(O)C(OS(=O)(=O)O)C1O)OC(=O)CCCCCCCC/C=C\C/C=C\C/C=C\CCCCCCC. The highest BCUT2D eigenvalue weighted by atomic mass is 32.3. The molecule has 0 bridgehead atoms. The molecule has 1 heterocycles. The summed E-state index contributed by atoms with van der Waals surface area (Å²) in [6, 6.07) is 0. The van der Waals surface area contributed by atoms with Crippen LogP contribution >= 0.6 is 0 Å². The number of unbranched alkanes of at least 4 members (excludes halogenated alkanes) is 21. The summed E-state index contributed by atoms with van der Waals surface area (Å²) < 4.78 is 59.1. The predicted octanol–water partition coefficient (Wildman–Crippen LogP) is 10.7. The number of aliphatic hydroxyl groups excluding tert-OH is 3. The van der Waals surface area contributed by atoms with Gasteiger partial charge < -0.3 is 34.3 Å². The molecule has 1 aliphatic rings. The van der Waals surface area contributed by atoms with Crippen molar-refractivity contribution in [3.63, 3.8) is 0 Å². The highest BCUT2D eigenvalue weighted by Gasteiger charge is 2.48. The molecular weight excluding hydrogens is 813 g/mol. The molecule has 0 saturated carbocycles. The van der Waals surface area contributed by atoms with Crippen molar-refractivity contribution < 1.29 is 56.2 Å². The third-order valence-electron chi connectivity index (χ3n) is 10.9.